The Hall–Kier alpha value is -2.23. The topological polar surface area (TPSA) is 12.5 Å². The third-order valence-electron chi connectivity index (χ3n) is 5.02. The Bertz CT molecular complexity index is 1090. The van der Waals surface area contributed by atoms with Crippen LogP contribution in [0.15, 0.2) is 84.9 Å². The molecule has 0 amide bonds. The van der Waals surface area contributed by atoms with Crippen LogP contribution in [0.2, 0.25) is 15.1 Å². The molecule has 3 aromatic rings. The standard InChI is InChI=1S/C25H20Cl3NO/c1-29-24(30-16-17-5-3-2-4-6-17)14-13-21(18-7-9-19(26)10-8-18)25(29)22-12-11-20(27)15-23(22)28/h2-15,24H,16H2,1H3. The summed E-state index contributed by atoms with van der Waals surface area (Å²) in [7, 11) is 2.01. The maximum atomic E-state index is 6.60. The molecule has 1 aliphatic heterocycles. The molecular formula is C25H20Cl3NO. The summed E-state index contributed by atoms with van der Waals surface area (Å²) in [4.78, 5) is 2.10. The van der Waals surface area contributed by atoms with Crippen LogP contribution < -0.4 is 0 Å². The van der Waals surface area contributed by atoms with E-state index in [1.807, 2.05) is 61.6 Å². The maximum absolute atomic E-state index is 6.60. The Balaban J connectivity index is 1.72. The molecule has 5 heteroatoms. The van der Waals surface area contributed by atoms with Crippen molar-refractivity contribution in [1.29, 1.82) is 0 Å². The van der Waals surface area contributed by atoms with Gasteiger partial charge >= 0.3 is 0 Å². The number of ether oxygens (including phenoxy) is 1. The highest BCUT2D eigenvalue weighted by Crippen LogP contribution is 2.38. The Morgan fingerprint density at radius 3 is 2.27 bits per heavy atom. The molecular weight excluding hydrogens is 437 g/mol. The van der Waals surface area contributed by atoms with Crippen molar-refractivity contribution in [3.8, 4) is 0 Å². The van der Waals surface area contributed by atoms with E-state index in [0.717, 1.165) is 28.0 Å². The Labute approximate surface area is 191 Å². The fraction of sp³-hybridized carbons (Fsp3) is 0.120. The van der Waals surface area contributed by atoms with Gasteiger partial charge < -0.3 is 9.64 Å². The number of nitrogens with zero attached hydrogens (tertiary/aromatic N) is 1. The average Bonchev–Trinajstić information content (AvgIpc) is 2.75. The van der Waals surface area contributed by atoms with Gasteiger partial charge in [-0.05, 0) is 47.5 Å². The van der Waals surface area contributed by atoms with Crippen LogP contribution in [-0.2, 0) is 11.3 Å². The summed E-state index contributed by atoms with van der Waals surface area (Å²) in [5.41, 5.74) is 5.08. The molecule has 1 unspecified atom stereocenters. The summed E-state index contributed by atoms with van der Waals surface area (Å²) in [6, 6.07) is 23.5. The van der Waals surface area contributed by atoms with E-state index in [4.69, 9.17) is 39.5 Å². The Kier molecular flexibility index (Phi) is 6.50. The van der Waals surface area contributed by atoms with Crippen molar-refractivity contribution in [3.63, 3.8) is 0 Å². The first kappa shape index (κ1) is 21.0. The number of hydrogen-bond donors (Lipinski definition) is 0. The van der Waals surface area contributed by atoms with Crippen LogP contribution in [-0.4, -0.2) is 18.2 Å². The third-order valence-corrected chi connectivity index (χ3v) is 5.82. The van der Waals surface area contributed by atoms with Gasteiger partial charge in [-0.1, -0.05) is 83.3 Å². The van der Waals surface area contributed by atoms with E-state index in [1.54, 1.807) is 6.07 Å². The lowest BCUT2D eigenvalue weighted by Gasteiger charge is -2.35. The first-order valence-corrected chi connectivity index (χ1v) is 10.7. The molecule has 0 aromatic heterocycles. The lowest BCUT2D eigenvalue weighted by molar-refractivity contribution is 0.000916. The van der Waals surface area contributed by atoms with Crippen molar-refractivity contribution in [2.24, 2.45) is 0 Å². The molecule has 152 valence electrons. The van der Waals surface area contributed by atoms with Gasteiger partial charge in [-0.25, -0.2) is 0 Å². The highest BCUT2D eigenvalue weighted by atomic mass is 35.5. The van der Waals surface area contributed by atoms with Crippen molar-refractivity contribution in [1.82, 2.24) is 4.90 Å². The molecule has 0 fully saturated rings. The van der Waals surface area contributed by atoms with E-state index in [-0.39, 0.29) is 6.23 Å². The van der Waals surface area contributed by atoms with Gasteiger partial charge in [0.1, 0.15) is 6.23 Å². The first-order chi connectivity index (χ1) is 14.5. The van der Waals surface area contributed by atoms with Crippen molar-refractivity contribution in [3.05, 3.63) is 117 Å². The van der Waals surface area contributed by atoms with Crippen LogP contribution in [0.5, 0.6) is 0 Å². The molecule has 1 heterocycles. The second kappa shape index (κ2) is 9.28. The molecule has 1 aliphatic rings. The number of allylic oxidation sites excluding steroid dienone is 2. The van der Waals surface area contributed by atoms with Crippen LogP contribution >= 0.6 is 34.8 Å². The van der Waals surface area contributed by atoms with Gasteiger partial charge in [0.15, 0.2) is 0 Å². The molecule has 0 spiro atoms. The summed E-state index contributed by atoms with van der Waals surface area (Å²) in [5, 5.41) is 1.89. The van der Waals surface area contributed by atoms with Gasteiger partial charge in [-0.2, -0.15) is 0 Å². The SMILES string of the molecule is CN1C(c2ccc(Cl)cc2Cl)=C(c2ccc(Cl)cc2)C=CC1OCc1ccccc1. The van der Waals surface area contributed by atoms with Crippen molar-refractivity contribution in [2.45, 2.75) is 12.8 Å². The van der Waals surface area contributed by atoms with Gasteiger partial charge in [-0.15, -0.1) is 0 Å². The Morgan fingerprint density at radius 1 is 0.867 bits per heavy atom. The summed E-state index contributed by atoms with van der Waals surface area (Å²) in [6.07, 6.45) is 3.90. The highest BCUT2D eigenvalue weighted by molar-refractivity contribution is 6.36. The second-order valence-electron chi connectivity index (χ2n) is 7.05. The average molecular weight is 457 g/mol. The Morgan fingerprint density at radius 2 is 1.57 bits per heavy atom. The maximum Gasteiger partial charge on any atom is 0.150 e. The highest BCUT2D eigenvalue weighted by Gasteiger charge is 2.26. The normalized spacial score (nSPS) is 16.3. The van der Waals surface area contributed by atoms with E-state index in [1.165, 1.54) is 0 Å². The molecule has 0 saturated heterocycles. The van der Waals surface area contributed by atoms with Crippen molar-refractivity contribution in [2.75, 3.05) is 7.05 Å². The summed E-state index contributed by atoms with van der Waals surface area (Å²) < 4.78 is 6.21. The molecule has 0 saturated carbocycles. The number of likely N-dealkylation sites (N-methyl/N-ethyl adjacent to an activating group) is 1. The fourth-order valence-electron chi connectivity index (χ4n) is 3.51. The predicted molar refractivity (Wildman–Crippen MR) is 127 cm³/mol. The van der Waals surface area contributed by atoms with Crippen molar-refractivity contribution < 1.29 is 4.74 Å². The summed E-state index contributed by atoms with van der Waals surface area (Å²) >= 11 is 18.8. The minimum absolute atomic E-state index is 0.233. The van der Waals surface area contributed by atoms with Crippen LogP contribution in [0.1, 0.15) is 16.7 Å². The second-order valence-corrected chi connectivity index (χ2v) is 8.33. The minimum atomic E-state index is -0.233. The molecule has 4 rings (SSSR count). The first-order valence-electron chi connectivity index (χ1n) is 9.55. The summed E-state index contributed by atoms with van der Waals surface area (Å²) in [5.74, 6) is 0. The molecule has 0 aliphatic carbocycles. The monoisotopic (exact) mass is 455 g/mol. The van der Waals surface area contributed by atoms with Crippen LogP contribution in [0.4, 0.5) is 0 Å². The van der Waals surface area contributed by atoms with E-state index in [9.17, 15) is 0 Å². The molecule has 2 nitrogen and oxygen atoms in total. The zero-order valence-corrected chi connectivity index (χ0v) is 18.6. The van der Waals surface area contributed by atoms with Gasteiger partial charge in [0, 0.05) is 28.2 Å². The molecule has 0 bridgehead atoms. The molecule has 1 atom stereocenters. The molecule has 0 N–H and O–H groups in total. The van der Waals surface area contributed by atoms with E-state index in [0.29, 0.717) is 21.7 Å². The largest absolute Gasteiger partial charge is 0.350 e. The van der Waals surface area contributed by atoms with Gasteiger partial charge in [0.25, 0.3) is 0 Å². The number of rotatable bonds is 5. The van der Waals surface area contributed by atoms with Crippen molar-refractivity contribution >= 4 is 46.1 Å². The number of hydrogen-bond acceptors (Lipinski definition) is 2. The van der Waals surface area contributed by atoms with Crippen LogP contribution in [0.25, 0.3) is 11.3 Å². The lowest BCUT2D eigenvalue weighted by Crippen LogP contribution is -2.33. The smallest absolute Gasteiger partial charge is 0.150 e. The van der Waals surface area contributed by atoms with E-state index in [2.05, 4.69) is 29.2 Å². The third kappa shape index (κ3) is 4.58. The molecule has 3 aromatic carbocycles. The lowest BCUT2D eigenvalue weighted by atomic mass is 9.95. The van der Waals surface area contributed by atoms with E-state index >= 15 is 0 Å². The summed E-state index contributed by atoms with van der Waals surface area (Å²) in [6.45, 7) is 0.512. The molecule has 30 heavy (non-hydrogen) atoms. The van der Waals surface area contributed by atoms with E-state index < -0.39 is 0 Å². The van der Waals surface area contributed by atoms with Gasteiger partial charge in [-0.3, -0.25) is 0 Å². The molecule has 0 radical (unpaired) electrons. The fourth-order valence-corrected chi connectivity index (χ4v) is 4.13. The predicted octanol–water partition coefficient (Wildman–Crippen LogP) is 7.56. The zero-order chi connectivity index (χ0) is 21.1. The van der Waals surface area contributed by atoms with Gasteiger partial charge in [0.05, 0.1) is 17.3 Å². The van der Waals surface area contributed by atoms with Crippen LogP contribution in [0, 0.1) is 0 Å². The quantitative estimate of drug-likeness (QED) is 0.393. The minimum Gasteiger partial charge on any atom is -0.350 e. The number of benzene rings is 3. The van der Waals surface area contributed by atoms with Crippen LogP contribution in [0.3, 0.4) is 0 Å². The zero-order valence-electron chi connectivity index (χ0n) is 16.4. The number of halogens is 3. The van der Waals surface area contributed by atoms with Gasteiger partial charge in [0.2, 0.25) is 0 Å².